The summed E-state index contributed by atoms with van der Waals surface area (Å²) >= 11 is 0. The van der Waals surface area contributed by atoms with Gasteiger partial charge in [-0.2, -0.15) is 26.3 Å². The van der Waals surface area contributed by atoms with Gasteiger partial charge in [0.25, 0.3) is 0 Å². The Morgan fingerprint density at radius 2 is 1.00 bits per heavy atom. The van der Waals surface area contributed by atoms with Gasteiger partial charge in [0.1, 0.15) is 0 Å². The van der Waals surface area contributed by atoms with Crippen LogP contribution in [0.3, 0.4) is 0 Å². The van der Waals surface area contributed by atoms with Crippen LogP contribution in [-0.4, -0.2) is 17.8 Å². The molecule has 2 aromatic carbocycles. The highest BCUT2D eigenvalue weighted by Crippen LogP contribution is 2.64. The smallest absolute Gasteiger partial charge is 0.194 e. The molecular formula is C18H12F6. The Hall–Kier alpha value is -2.24. The Bertz CT molecular complexity index is 788. The van der Waals surface area contributed by atoms with E-state index in [1.807, 2.05) is 0 Å². The van der Waals surface area contributed by atoms with Gasteiger partial charge in [0.2, 0.25) is 0 Å². The van der Waals surface area contributed by atoms with E-state index in [1.165, 1.54) is 30.3 Å². The predicted molar refractivity (Wildman–Crippen MR) is 79.3 cm³/mol. The maximum absolute atomic E-state index is 14.3. The second kappa shape index (κ2) is 5.13. The van der Waals surface area contributed by atoms with Gasteiger partial charge in [-0.3, -0.25) is 0 Å². The molecule has 0 bridgehead atoms. The summed E-state index contributed by atoms with van der Waals surface area (Å²) in [6, 6.07) is 11.5. The molecule has 0 saturated heterocycles. The molecule has 0 radical (unpaired) electrons. The van der Waals surface area contributed by atoms with Crippen molar-refractivity contribution in [3.05, 3.63) is 71.3 Å². The molecule has 0 aliphatic heterocycles. The van der Waals surface area contributed by atoms with E-state index in [9.17, 15) is 26.3 Å². The summed E-state index contributed by atoms with van der Waals surface area (Å²) in [7, 11) is 0. The molecule has 1 aliphatic carbocycles. The van der Waals surface area contributed by atoms with Crippen LogP contribution in [0, 0.1) is 6.92 Å². The van der Waals surface area contributed by atoms with Crippen molar-refractivity contribution in [3.63, 3.8) is 0 Å². The normalized spacial score (nSPS) is 21.1. The molecule has 0 amide bonds. The Morgan fingerprint density at radius 1 is 0.583 bits per heavy atom. The number of aryl methyl sites for hydroxylation is 1. The van der Waals surface area contributed by atoms with Crippen molar-refractivity contribution >= 4 is 11.1 Å². The van der Waals surface area contributed by atoms with Gasteiger partial charge in [-0.25, -0.2) is 0 Å². The Labute approximate surface area is 134 Å². The number of alkyl halides is 6. The minimum absolute atomic E-state index is 0.346. The molecule has 0 fully saturated rings. The van der Waals surface area contributed by atoms with Crippen LogP contribution < -0.4 is 0 Å². The lowest BCUT2D eigenvalue weighted by atomic mass is 9.94. The number of benzene rings is 2. The maximum atomic E-state index is 14.3. The highest BCUT2D eigenvalue weighted by Gasteiger charge is 2.80. The highest BCUT2D eigenvalue weighted by molar-refractivity contribution is 6.00. The fourth-order valence-corrected chi connectivity index (χ4v) is 2.80. The topological polar surface area (TPSA) is 0 Å². The fraction of sp³-hybridized carbons (Fsp3) is 0.222. The molecule has 6 heteroatoms. The third kappa shape index (κ3) is 2.08. The molecule has 0 heterocycles. The molecule has 3 rings (SSSR count). The van der Waals surface area contributed by atoms with E-state index < -0.39 is 28.9 Å². The first-order valence-electron chi connectivity index (χ1n) is 7.12. The molecule has 126 valence electrons. The minimum atomic E-state index is -5.51. The fourth-order valence-electron chi connectivity index (χ4n) is 2.80. The Morgan fingerprint density at radius 3 is 1.46 bits per heavy atom. The number of allylic oxidation sites excluding steroid dienone is 2. The lowest BCUT2D eigenvalue weighted by Gasteiger charge is -2.25. The summed E-state index contributed by atoms with van der Waals surface area (Å²) in [6.45, 7) is 1.67. The van der Waals surface area contributed by atoms with Gasteiger partial charge in [0.15, 0.2) is 0 Å². The average molecular weight is 342 g/mol. The highest BCUT2D eigenvalue weighted by atomic mass is 19.3. The largest absolute Gasteiger partial charge is 0.380 e. The van der Waals surface area contributed by atoms with E-state index in [0.29, 0.717) is 5.56 Å². The molecule has 0 nitrogen and oxygen atoms in total. The summed E-state index contributed by atoms with van der Waals surface area (Å²) in [4.78, 5) is 0. The summed E-state index contributed by atoms with van der Waals surface area (Å²) in [5.41, 5.74) is -2.66. The number of hydrogen-bond acceptors (Lipinski definition) is 0. The van der Waals surface area contributed by atoms with Crippen molar-refractivity contribution in [3.8, 4) is 0 Å². The summed E-state index contributed by atoms with van der Waals surface area (Å²) in [5, 5.41) is 0. The van der Waals surface area contributed by atoms with Crippen LogP contribution in [0.5, 0.6) is 0 Å². The molecule has 0 atom stereocenters. The summed E-state index contributed by atoms with van der Waals surface area (Å²) < 4.78 is 85.0. The third-order valence-electron chi connectivity index (χ3n) is 4.07. The zero-order chi connectivity index (χ0) is 17.8. The van der Waals surface area contributed by atoms with Crippen LogP contribution in [0.1, 0.15) is 16.7 Å². The standard InChI is InChI=1S/C18H12F6/c1-11-7-9-13(10-8-11)15-14(12-5-3-2-4-6-12)16(19,20)18(23,24)17(15,21)22/h2-10H,1H3. The van der Waals surface area contributed by atoms with Gasteiger partial charge >= 0.3 is 17.8 Å². The van der Waals surface area contributed by atoms with Crippen molar-refractivity contribution in [2.75, 3.05) is 0 Å². The second-order valence-corrected chi connectivity index (χ2v) is 5.71. The zero-order valence-corrected chi connectivity index (χ0v) is 12.5. The van der Waals surface area contributed by atoms with Gasteiger partial charge in [-0.05, 0) is 18.1 Å². The number of rotatable bonds is 2. The molecule has 0 spiro atoms. The molecule has 0 saturated carbocycles. The van der Waals surface area contributed by atoms with Crippen LogP contribution in [0.2, 0.25) is 0 Å². The molecule has 24 heavy (non-hydrogen) atoms. The summed E-state index contributed by atoms with van der Waals surface area (Å²) in [6.07, 6.45) is 0. The first-order valence-corrected chi connectivity index (χ1v) is 7.12. The van der Waals surface area contributed by atoms with E-state index in [0.717, 1.165) is 24.3 Å². The van der Waals surface area contributed by atoms with Crippen molar-refractivity contribution < 1.29 is 26.3 Å². The van der Waals surface area contributed by atoms with Crippen LogP contribution in [0.25, 0.3) is 11.1 Å². The molecule has 0 aromatic heterocycles. The van der Waals surface area contributed by atoms with Crippen LogP contribution in [0.15, 0.2) is 54.6 Å². The molecule has 0 unspecified atom stereocenters. The van der Waals surface area contributed by atoms with E-state index >= 15 is 0 Å². The molecular weight excluding hydrogens is 330 g/mol. The quantitative estimate of drug-likeness (QED) is 0.603. The van der Waals surface area contributed by atoms with E-state index in [-0.39, 0.29) is 11.1 Å². The van der Waals surface area contributed by atoms with E-state index in [2.05, 4.69) is 0 Å². The summed E-state index contributed by atoms with van der Waals surface area (Å²) in [5.74, 6) is -15.5. The van der Waals surface area contributed by atoms with Crippen molar-refractivity contribution in [2.24, 2.45) is 0 Å². The lowest BCUT2D eigenvalue weighted by Crippen LogP contribution is -2.48. The van der Waals surface area contributed by atoms with Gasteiger partial charge in [-0.1, -0.05) is 60.2 Å². The lowest BCUT2D eigenvalue weighted by molar-refractivity contribution is -0.254. The van der Waals surface area contributed by atoms with E-state index in [4.69, 9.17) is 0 Å². The van der Waals surface area contributed by atoms with Crippen molar-refractivity contribution in [2.45, 2.75) is 24.7 Å². The van der Waals surface area contributed by atoms with Gasteiger partial charge in [-0.15, -0.1) is 0 Å². The molecule has 1 aliphatic rings. The van der Waals surface area contributed by atoms with E-state index in [1.54, 1.807) is 6.92 Å². The third-order valence-corrected chi connectivity index (χ3v) is 4.07. The zero-order valence-electron chi connectivity index (χ0n) is 12.5. The second-order valence-electron chi connectivity index (χ2n) is 5.71. The van der Waals surface area contributed by atoms with Crippen LogP contribution >= 0.6 is 0 Å². The average Bonchev–Trinajstić information content (AvgIpc) is 2.63. The van der Waals surface area contributed by atoms with Crippen molar-refractivity contribution in [1.29, 1.82) is 0 Å². The first kappa shape index (κ1) is 16.6. The van der Waals surface area contributed by atoms with Crippen LogP contribution in [0.4, 0.5) is 26.3 Å². The Kier molecular flexibility index (Phi) is 3.55. The molecule has 0 N–H and O–H groups in total. The Balaban J connectivity index is 2.37. The predicted octanol–water partition coefficient (Wildman–Crippen LogP) is 5.83. The van der Waals surface area contributed by atoms with Crippen molar-refractivity contribution in [1.82, 2.24) is 0 Å². The first-order chi connectivity index (χ1) is 11.1. The number of halogens is 6. The monoisotopic (exact) mass is 342 g/mol. The molecule has 2 aromatic rings. The number of hydrogen-bond donors (Lipinski definition) is 0. The maximum Gasteiger partial charge on any atom is 0.380 e. The van der Waals surface area contributed by atoms with Gasteiger partial charge in [0.05, 0.1) is 0 Å². The minimum Gasteiger partial charge on any atom is -0.194 e. The SMILES string of the molecule is Cc1ccc(C2=C(c3ccccc3)C(F)(F)C(F)(F)C2(F)F)cc1. The van der Waals surface area contributed by atoms with Crippen LogP contribution in [-0.2, 0) is 0 Å². The van der Waals surface area contributed by atoms with Gasteiger partial charge < -0.3 is 0 Å². The van der Waals surface area contributed by atoms with Gasteiger partial charge in [0, 0.05) is 11.1 Å².